The van der Waals surface area contributed by atoms with E-state index in [1.165, 1.54) is 0 Å². The fraction of sp³-hybridized carbons (Fsp3) is 0.417. The molecule has 2 nitrogen and oxygen atoms in total. The molecule has 0 saturated heterocycles. The number of nitrogens with two attached hydrogens (primary N) is 1. The third-order valence-corrected chi connectivity index (χ3v) is 3.12. The van der Waals surface area contributed by atoms with Crippen molar-refractivity contribution >= 4 is 21.7 Å². The summed E-state index contributed by atoms with van der Waals surface area (Å²) in [5.41, 5.74) is 7.32. The number of rotatable bonds is 5. The Balaban J connectivity index is 2.92. The van der Waals surface area contributed by atoms with Gasteiger partial charge in [0.2, 0.25) is 0 Å². The smallest absolute Gasteiger partial charge is 0.163 e. The first kappa shape index (κ1) is 12.4. The van der Waals surface area contributed by atoms with Crippen LogP contribution in [0.3, 0.4) is 0 Å². The van der Waals surface area contributed by atoms with E-state index in [-0.39, 0.29) is 5.78 Å². The van der Waals surface area contributed by atoms with Crippen molar-refractivity contribution in [3.63, 3.8) is 0 Å². The van der Waals surface area contributed by atoms with Crippen molar-refractivity contribution in [2.45, 2.75) is 32.7 Å². The Labute approximate surface area is 99.0 Å². The van der Waals surface area contributed by atoms with Gasteiger partial charge in [0.25, 0.3) is 0 Å². The third kappa shape index (κ3) is 3.14. The molecule has 0 aliphatic carbocycles. The average molecular weight is 270 g/mol. The van der Waals surface area contributed by atoms with Crippen LogP contribution in [0, 0.1) is 0 Å². The maximum Gasteiger partial charge on any atom is 0.163 e. The molecule has 0 aliphatic heterocycles. The molecule has 1 aromatic carbocycles. The van der Waals surface area contributed by atoms with Crippen LogP contribution in [-0.2, 0) is 6.54 Å². The highest BCUT2D eigenvalue weighted by atomic mass is 79.9. The van der Waals surface area contributed by atoms with Crippen molar-refractivity contribution in [2.75, 3.05) is 0 Å². The molecule has 0 saturated carbocycles. The Morgan fingerprint density at radius 2 is 2.20 bits per heavy atom. The molecule has 0 atom stereocenters. The van der Waals surface area contributed by atoms with Crippen molar-refractivity contribution < 1.29 is 4.79 Å². The minimum Gasteiger partial charge on any atom is -0.326 e. The Kier molecular flexibility index (Phi) is 4.99. The molecule has 1 aromatic rings. The first-order valence-corrected chi connectivity index (χ1v) is 6.00. The van der Waals surface area contributed by atoms with Crippen LogP contribution in [0.4, 0.5) is 0 Å². The third-order valence-electron chi connectivity index (χ3n) is 2.38. The van der Waals surface area contributed by atoms with Gasteiger partial charge in [-0.25, -0.2) is 0 Å². The molecule has 0 bridgehead atoms. The second-order valence-corrected chi connectivity index (χ2v) is 4.35. The summed E-state index contributed by atoms with van der Waals surface area (Å²) in [7, 11) is 0. The average Bonchev–Trinajstić information content (AvgIpc) is 2.25. The summed E-state index contributed by atoms with van der Waals surface area (Å²) < 4.78 is 0.923. The van der Waals surface area contributed by atoms with Crippen molar-refractivity contribution in [1.29, 1.82) is 0 Å². The summed E-state index contributed by atoms with van der Waals surface area (Å²) in [4.78, 5) is 11.9. The highest BCUT2D eigenvalue weighted by molar-refractivity contribution is 9.10. The Bertz CT molecular complexity index is 349. The fourth-order valence-electron chi connectivity index (χ4n) is 1.50. The van der Waals surface area contributed by atoms with E-state index >= 15 is 0 Å². The number of benzene rings is 1. The van der Waals surface area contributed by atoms with Gasteiger partial charge < -0.3 is 5.73 Å². The molecule has 3 heteroatoms. The van der Waals surface area contributed by atoms with Crippen LogP contribution in [0.2, 0.25) is 0 Å². The van der Waals surface area contributed by atoms with Gasteiger partial charge in [0.05, 0.1) is 0 Å². The summed E-state index contributed by atoms with van der Waals surface area (Å²) in [6.07, 6.45) is 2.59. The van der Waals surface area contributed by atoms with Gasteiger partial charge in [0, 0.05) is 23.0 Å². The van der Waals surface area contributed by atoms with Gasteiger partial charge in [-0.15, -0.1) is 0 Å². The zero-order valence-electron chi connectivity index (χ0n) is 8.92. The molecule has 1 rings (SSSR count). The van der Waals surface area contributed by atoms with Crippen LogP contribution >= 0.6 is 15.9 Å². The van der Waals surface area contributed by atoms with Crippen LogP contribution in [0.1, 0.15) is 42.1 Å². The molecular weight excluding hydrogens is 254 g/mol. The van der Waals surface area contributed by atoms with Gasteiger partial charge in [-0.2, -0.15) is 0 Å². The monoisotopic (exact) mass is 269 g/mol. The highest BCUT2D eigenvalue weighted by Gasteiger charge is 2.11. The van der Waals surface area contributed by atoms with E-state index in [1.807, 2.05) is 18.2 Å². The van der Waals surface area contributed by atoms with Crippen LogP contribution in [0.5, 0.6) is 0 Å². The number of carbonyl (C=O) groups is 1. The molecule has 2 N–H and O–H groups in total. The van der Waals surface area contributed by atoms with Gasteiger partial charge in [0.15, 0.2) is 5.78 Å². The normalized spacial score (nSPS) is 10.3. The van der Waals surface area contributed by atoms with Gasteiger partial charge in [-0.1, -0.05) is 41.4 Å². The quantitative estimate of drug-likeness (QED) is 0.834. The van der Waals surface area contributed by atoms with Gasteiger partial charge >= 0.3 is 0 Å². The minimum atomic E-state index is 0.193. The summed E-state index contributed by atoms with van der Waals surface area (Å²) in [5, 5.41) is 0. The zero-order valence-corrected chi connectivity index (χ0v) is 10.5. The van der Waals surface area contributed by atoms with E-state index in [0.717, 1.165) is 28.4 Å². The van der Waals surface area contributed by atoms with E-state index in [0.29, 0.717) is 13.0 Å². The minimum absolute atomic E-state index is 0.193. The van der Waals surface area contributed by atoms with Gasteiger partial charge in [0.1, 0.15) is 0 Å². The zero-order chi connectivity index (χ0) is 11.3. The molecule has 0 radical (unpaired) electrons. The summed E-state index contributed by atoms with van der Waals surface area (Å²) in [5.74, 6) is 0.193. The van der Waals surface area contributed by atoms with E-state index in [2.05, 4.69) is 22.9 Å². The molecule has 82 valence electrons. The lowest BCUT2D eigenvalue weighted by atomic mass is 10.0. The topological polar surface area (TPSA) is 43.1 Å². The fourth-order valence-corrected chi connectivity index (χ4v) is 2.03. The first-order valence-electron chi connectivity index (χ1n) is 5.21. The molecule has 15 heavy (non-hydrogen) atoms. The largest absolute Gasteiger partial charge is 0.326 e. The predicted molar refractivity (Wildman–Crippen MR) is 65.9 cm³/mol. The molecule has 0 fully saturated rings. The number of Topliss-reactive ketones (excluding diaryl/α,β-unsaturated/α-hetero) is 1. The molecule has 0 aromatic heterocycles. The van der Waals surface area contributed by atoms with Crippen molar-refractivity contribution in [3.05, 3.63) is 33.8 Å². The lowest BCUT2D eigenvalue weighted by molar-refractivity contribution is 0.0979. The standard InChI is InChI=1S/C12H16BrNO/c1-2-3-7-12(15)9-5-4-6-11(13)10(9)8-14/h4-6H,2-3,7-8,14H2,1H3. The van der Waals surface area contributed by atoms with Crippen LogP contribution in [0.15, 0.2) is 22.7 Å². The summed E-state index contributed by atoms with van der Waals surface area (Å²) in [6.45, 7) is 2.48. The first-order chi connectivity index (χ1) is 7.20. The number of hydrogen-bond acceptors (Lipinski definition) is 2. The van der Waals surface area contributed by atoms with E-state index in [1.54, 1.807) is 0 Å². The second kappa shape index (κ2) is 6.03. The van der Waals surface area contributed by atoms with Gasteiger partial charge in [-0.05, 0) is 18.1 Å². The number of unbranched alkanes of at least 4 members (excludes halogenated alkanes) is 1. The van der Waals surface area contributed by atoms with Crippen molar-refractivity contribution in [2.24, 2.45) is 5.73 Å². The lowest BCUT2D eigenvalue weighted by Gasteiger charge is -2.08. The Morgan fingerprint density at radius 3 is 2.80 bits per heavy atom. The van der Waals surface area contributed by atoms with E-state index in [4.69, 9.17) is 5.73 Å². The highest BCUT2D eigenvalue weighted by Crippen LogP contribution is 2.21. The second-order valence-electron chi connectivity index (χ2n) is 3.50. The number of halogens is 1. The lowest BCUT2D eigenvalue weighted by Crippen LogP contribution is -2.08. The SMILES string of the molecule is CCCCC(=O)c1cccc(Br)c1CN. The predicted octanol–water partition coefficient (Wildman–Crippen LogP) is 3.28. The number of carbonyl (C=O) groups excluding carboxylic acids is 1. The van der Waals surface area contributed by atoms with Crippen molar-refractivity contribution in [1.82, 2.24) is 0 Å². The molecule has 0 unspecified atom stereocenters. The maximum absolute atomic E-state index is 11.9. The van der Waals surface area contributed by atoms with E-state index in [9.17, 15) is 4.79 Å². The van der Waals surface area contributed by atoms with Crippen LogP contribution < -0.4 is 5.73 Å². The molecule has 0 heterocycles. The van der Waals surface area contributed by atoms with Crippen LogP contribution in [0.25, 0.3) is 0 Å². The van der Waals surface area contributed by atoms with Gasteiger partial charge in [-0.3, -0.25) is 4.79 Å². The molecular formula is C12H16BrNO. The Hall–Kier alpha value is -0.670. The number of ketones is 1. The molecule has 0 aliphatic rings. The molecule has 0 spiro atoms. The summed E-state index contributed by atoms with van der Waals surface area (Å²) in [6, 6.07) is 5.65. The number of hydrogen-bond donors (Lipinski definition) is 1. The Morgan fingerprint density at radius 1 is 1.47 bits per heavy atom. The maximum atomic E-state index is 11.9. The van der Waals surface area contributed by atoms with E-state index < -0.39 is 0 Å². The van der Waals surface area contributed by atoms with Crippen molar-refractivity contribution in [3.8, 4) is 0 Å². The van der Waals surface area contributed by atoms with Crippen LogP contribution in [-0.4, -0.2) is 5.78 Å². The summed E-state index contributed by atoms with van der Waals surface area (Å²) >= 11 is 3.41. The molecule has 0 amide bonds.